The van der Waals surface area contributed by atoms with Crippen LogP contribution >= 0.6 is 43.5 Å². The maximum Gasteiger partial charge on any atom is 0.143 e. The summed E-state index contributed by atoms with van der Waals surface area (Å²) in [5, 5.41) is 10.7. The van der Waals surface area contributed by atoms with Gasteiger partial charge in [0, 0.05) is 21.5 Å². The summed E-state index contributed by atoms with van der Waals surface area (Å²) in [6, 6.07) is 10.3. The van der Waals surface area contributed by atoms with Crippen LogP contribution in [0.5, 0.6) is 0 Å². The Bertz CT molecular complexity index is 604. The van der Waals surface area contributed by atoms with E-state index in [2.05, 4.69) is 31.9 Å². The van der Waals surface area contributed by atoms with Crippen molar-refractivity contribution in [2.75, 3.05) is 0 Å². The monoisotopic (exact) mass is 406 g/mol. The first-order valence-electron chi connectivity index (χ1n) is 5.55. The summed E-state index contributed by atoms with van der Waals surface area (Å²) >= 11 is 12.5. The molecule has 0 aliphatic rings. The minimum atomic E-state index is -0.934. The summed E-state index contributed by atoms with van der Waals surface area (Å²) in [7, 11) is 0. The molecule has 1 nitrogen and oxygen atoms in total. The molecule has 2 rings (SSSR count). The van der Waals surface area contributed by atoms with Crippen molar-refractivity contribution in [1.82, 2.24) is 0 Å². The molecule has 19 heavy (non-hydrogen) atoms. The Morgan fingerprint density at radius 2 is 1.95 bits per heavy atom. The van der Waals surface area contributed by atoms with Crippen LogP contribution in [0.15, 0.2) is 45.3 Å². The number of rotatable bonds is 3. The number of hydrogen-bond donors (Lipinski definition) is 1. The highest BCUT2D eigenvalue weighted by atomic mass is 79.9. The SMILES string of the molecule is OC(Cc1ccc(Br)cc1Cl)c1cccc(Br)c1F. The Morgan fingerprint density at radius 1 is 1.21 bits per heavy atom. The van der Waals surface area contributed by atoms with Crippen LogP contribution in [0.2, 0.25) is 5.02 Å². The lowest BCUT2D eigenvalue weighted by atomic mass is 10.0. The zero-order valence-electron chi connectivity index (χ0n) is 9.71. The number of aliphatic hydroxyl groups excluding tert-OH is 1. The van der Waals surface area contributed by atoms with Crippen molar-refractivity contribution < 1.29 is 9.50 Å². The maximum absolute atomic E-state index is 13.9. The van der Waals surface area contributed by atoms with Crippen LogP contribution in [-0.4, -0.2) is 5.11 Å². The molecule has 0 fully saturated rings. The van der Waals surface area contributed by atoms with Crippen molar-refractivity contribution in [3.8, 4) is 0 Å². The summed E-state index contributed by atoms with van der Waals surface area (Å²) < 4.78 is 15.1. The molecule has 0 aliphatic carbocycles. The maximum atomic E-state index is 13.9. The lowest BCUT2D eigenvalue weighted by Gasteiger charge is -2.14. The Labute approximate surface area is 132 Å². The normalized spacial score (nSPS) is 12.5. The van der Waals surface area contributed by atoms with Gasteiger partial charge in [0.25, 0.3) is 0 Å². The Hall–Kier alpha value is -0.420. The van der Waals surface area contributed by atoms with Gasteiger partial charge in [0.05, 0.1) is 10.6 Å². The third kappa shape index (κ3) is 3.57. The summed E-state index contributed by atoms with van der Waals surface area (Å²) in [6.07, 6.45) is -0.671. The standard InChI is InChI=1S/C14H10Br2ClFO/c15-9-5-4-8(12(17)7-9)6-13(19)10-2-1-3-11(16)14(10)18/h1-5,7,13,19H,6H2. The fraction of sp³-hybridized carbons (Fsp3) is 0.143. The van der Waals surface area contributed by atoms with Crippen LogP contribution in [-0.2, 0) is 6.42 Å². The van der Waals surface area contributed by atoms with Crippen LogP contribution in [0.3, 0.4) is 0 Å². The predicted molar refractivity (Wildman–Crippen MR) is 81.9 cm³/mol. The molecular weight excluding hydrogens is 398 g/mol. The van der Waals surface area contributed by atoms with Gasteiger partial charge in [0.1, 0.15) is 5.82 Å². The van der Waals surface area contributed by atoms with E-state index in [1.54, 1.807) is 24.3 Å². The molecule has 0 amide bonds. The number of aliphatic hydroxyl groups is 1. The zero-order valence-corrected chi connectivity index (χ0v) is 13.6. The summed E-state index contributed by atoms with van der Waals surface area (Å²) in [5.41, 5.74) is 1.03. The van der Waals surface area contributed by atoms with Gasteiger partial charge in [-0.05, 0) is 39.7 Å². The van der Waals surface area contributed by atoms with Gasteiger partial charge in [-0.25, -0.2) is 4.39 Å². The van der Waals surface area contributed by atoms with Gasteiger partial charge < -0.3 is 5.11 Å². The van der Waals surface area contributed by atoms with Crippen molar-refractivity contribution >= 4 is 43.5 Å². The zero-order chi connectivity index (χ0) is 14.0. The first-order valence-corrected chi connectivity index (χ1v) is 7.51. The Morgan fingerprint density at radius 3 is 2.63 bits per heavy atom. The molecule has 0 bridgehead atoms. The molecule has 100 valence electrons. The van der Waals surface area contributed by atoms with Gasteiger partial charge >= 0.3 is 0 Å². The average Bonchev–Trinajstić information content (AvgIpc) is 2.36. The van der Waals surface area contributed by atoms with Crippen LogP contribution in [0, 0.1) is 5.82 Å². The minimum absolute atomic E-state index is 0.258. The van der Waals surface area contributed by atoms with Crippen LogP contribution < -0.4 is 0 Å². The molecule has 0 heterocycles. The van der Waals surface area contributed by atoms with Crippen LogP contribution in [0.1, 0.15) is 17.2 Å². The van der Waals surface area contributed by atoms with Crippen LogP contribution in [0.4, 0.5) is 4.39 Å². The molecule has 0 radical (unpaired) electrons. The van der Waals surface area contributed by atoms with Crippen molar-refractivity contribution in [3.63, 3.8) is 0 Å². The van der Waals surface area contributed by atoms with Crippen molar-refractivity contribution in [1.29, 1.82) is 0 Å². The largest absolute Gasteiger partial charge is 0.388 e. The quantitative estimate of drug-likeness (QED) is 0.733. The molecule has 2 aromatic rings. The van der Waals surface area contributed by atoms with E-state index < -0.39 is 11.9 Å². The van der Waals surface area contributed by atoms with Gasteiger partial charge in [0.2, 0.25) is 0 Å². The topological polar surface area (TPSA) is 20.2 Å². The van der Waals surface area contributed by atoms with Crippen molar-refractivity contribution in [2.45, 2.75) is 12.5 Å². The van der Waals surface area contributed by atoms with Gasteiger partial charge in [-0.15, -0.1) is 0 Å². The second-order valence-corrected chi connectivity index (χ2v) is 6.28. The highest BCUT2D eigenvalue weighted by molar-refractivity contribution is 9.10. The van der Waals surface area contributed by atoms with Gasteiger partial charge in [-0.1, -0.05) is 45.7 Å². The van der Waals surface area contributed by atoms with E-state index in [4.69, 9.17) is 11.6 Å². The third-order valence-corrected chi connectivity index (χ3v) is 4.23. The molecular formula is C14H10Br2ClFO. The molecule has 5 heteroatoms. The number of halogens is 4. The molecule has 1 atom stereocenters. The Balaban J connectivity index is 2.25. The molecule has 0 spiro atoms. The predicted octanol–water partition coefficient (Wildman–Crippen LogP) is 5.28. The second-order valence-electron chi connectivity index (χ2n) is 4.10. The lowest BCUT2D eigenvalue weighted by Crippen LogP contribution is -2.05. The first kappa shape index (κ1) is 15.0. The molecule has 2 aromatic carbocycles. The van der Waals surface area contributed by atoms with Crippen molar-refractivity contribution in [3.05, 3.63) is 67.3 Å². The smallest absolute Gasteiger partial charge is 0.143 e. The summed E-state index contributed by atoms with van der Waals surface area (Å²) in [4.78, 5) is 0. The third-order valence-electron chi connectivity index (χ3n) is 2.77. The van der Waals surface area contributed by atoms with Crippen molar-refractivity contribution in [2.24, 2.45) is 0 Å². The van der Waals surface area contributed by atoms with Gasteiger partial charge in [0.15, 0.2) is 0 Å². The molecule has 1 N–H and O–H groups in total. The van der Waals surface area contributed by atoms with Gasteiger partial charge in [-0.3, -0.25) is 0 Å². The average molecular weight is 408 g/mol. The Kier molecular flexibility index (Phi) is 5.01. The first-order chi connectivity index (χ1) is 8.99. The van der Waals surface area contributed by atoms with Gasteiger partial charge in [-0.2, -0.15) is 0 Å². The lowest BCUT2D eigenvalue weighted by molar-refractivity contribution is 0.173. The highest BCUT2D eigenvalue weighted by Crippen LogP contribution is 2.29. The fourth-order valence-corrected chi connectivity index (χ4v) is 2.92. The fourth-order valence-electron chi connectivity index (χ4n) is 1.78. The van der Waals surface area contributed by atoms with Crippen LogP contribution in [0.25, 0.3) is 0 Å². The van der Waals surface area contributed by atoms with E-state index in [-0.39, 0.29) is 12.0 Å². The number of hydrogen-bond acceptors (Lipinski definition) is 1. The highest BCUT2D eigenvalue weighted by Gasteiger charge is 2.16. The summed E-state index contributed by atoms with van der Waals surface area (Å²) in [5.74, 6) is -0.441. The van der Waals surface area contributed by atoms with E-state index in [1.807, 2.05) is 12.1 Å². The molecule has 1 unspecified atom stereocenters. The van der Waals surface area contributed by atoms with E-state index in [9.17, 15) is 9.50 Å². The second kappa shape index (κ2) is 6.35. The van der Waals surface area contributed by atoms with E-state index in [0.29, 0.717) is 9.50 Å². The molecule has 0 aromatic heterocycles. The van der Waals surface area contributed by atoms with E-state index in [1.165, 1.54) is 0 Å². The minimum Gasteiger partial charge on any atom is -0.388 e. The van der Waals surface area contributed by atoms with E-state index in [0.717, 1.165) is 10.0 Å². The molecule has 0 saturated heterocycles. The molecule has 0 aliphatic heterocycles. The number of benzene rings is 2. The molecule has 0 saturated carbocycles. The van der Waals surface area contributed by atoms with E-state index >= 15 is 0 Å². The summed E-state index contributed by atoms with van der Waals surface area (Å²) in [6.45, 7) is 0.